The molecule has 1 saturated carbocycles. The van der Waals surface area contributed by atoms with E-state index in [1.165, 1.54) is 7.11 Å². The van der Waals surface area contributed by atoms with Gasteiger partial charge in [-0.3, -0.25) is 9.48 Å². The number of aldehydes is 1. The molecule has 30 heavy (non-hydrogen) atoms. The molecule has 0 bridgehead atoms. The maximum absolute atomic E-state index is 13.4. The summed E-state index contributed by atoms with van der Waals surface area (Å²) in [7, 11) is 1.47. The van der Waals surface area contributed by atoms with Crippen LogP contribution in [0.4, 0.5) is 14.5 Å². The minimum absolute atomic E-state index is 0.126. The second-order valence-corrected chi connectivity index (χ2v) is 7.54. The van der Waals surface area contributed by atoms with Gasteiger partial charge in [-0.1, -0.05) is 0 Å². The highest BCUT2D eigenvalue weighted by Gasteiger charge is 2.23. The Balaban J connectivity index is 1.60. The number of amides is 1. The summed E-state index contributed by atoms with van der Waals surface area (Å²) >= 11 is 0. The molecule has 0 radical (unpaired) electrons. The number of nitrogens with one attached hydrogen (secondary N) is 1. The average Bonchev–Trinajstić information content (AvgIpc) is 3.15. The summed E-state index contributed by atoms with van der Waals surface area (Å²) in [5.41, 5.74) is 0.959. The van der Waals surface area contributed by atoms with E-state index in [4.69, 9.17) is 4.74 Å². The van der Waals surface area contributed by atoms with Crippen LogP contribution < -0.4 is 10.1 Å². The normalized spacial score (nSPS) is 18.9. The lowest BCUT2D eigenvalue weighted by molar-refractivity contribution is -0.112. The van der Waals surface area contributed by atoms with Gasteiger partial charge in [0, 0.05) is 35.2 Å². The van der Waals surface area contributed by atoms with Crippen LogP contribution in [0.2, 0.25) is 0 Å². The number of carbonyl (C=O) groups excluding carboxylic acids is 2. The molecule has 1 aliphatic carbocycles. The van der Waals surface area contributed by atoms with Crippen LogP contribution in [0.5, 0.6) is 5.75 Å². The van der Waals surface area contributed by atoms with Gasteiger partial charge < -0.3 is 14.8 Å². The van der Waals surface area contributed by atoms with E-state index >= 15 is 0 Å². The molecule has 6 nitrogen and oxygen atoms in total. The fraction of sp³-hybridized carbons (Fsp3) is 0.318. The Hall–Kier alpha value is -3.29. The Labute approximate surface area is 171 Å². The summed E-state index contributed by atoms with van der Waals surface area (Å²) in [5, 5.41) is 8.09. The van der Waals surface area contributed by atoms with E-state index < -0.39 is 17.5 Å². The third-order valence-corrected chi connectivity index (χ3v) is 5.52. The third kappa shape index (κ3) is 4.03. The fourth-order valence-corrected chi connectivity index (χ4v) is 3.91. The summed E-state index contributed by atoms with van der Waals surface area (Å²) in [4.78, 5) is 23.5. The second-order valence-electron chi connectivity index (χ2n) is 7.54. The average molecular weight is 413 g/mol. The van der Waals surface area contributed by atoms with Crippen LogP contribution in [0, 0.1) is 17.6 Å². The number of carbonyl (C=O) groups is 2. The van der Waals surface area contributed by atoms with Crippen molar-refractivity contribution in [1.82, 2.24) is 9.78 Å². The number of nitrogens with zero attached hydrogens (tertiary/aromatic N) is 2. The van der Waals surface area contributed by atoms with Crippen LogP contribution in [0.3, 0.4) is 0 Å². The molecule has 0 atom stereocenters. The fourth-order valence-electron chi connectivity index (χ4n) is 3.91. The first-order valence-electron chi connectivity index (χ1n) is 9.76. The van der Waals surface area contributed by atoms with E-state index in [1.54, 1.807) is 12.1 Å². The number of aromatic nitrogens is 2. The third-order valence-electron chi connectivity index (χ3n) is 5.52. The smallest absolute Gasteiger partial charge is 0.255 e. The number of rotatable bonds is 5. The number of anilines is 1. The van der Waals surface area contributed by atoms with Crippen molar-refractivity contribution in [1.29, 1.82) is 0 Å². The van der Waals surface area contributed by atoms with Crippen molar-refractivity contribution in [3.63, 3.8) is 0 Å². The molecular formula is C22H21F2N3O3. The molecule has 3 aromatic rings. The van der Waals surface area contributed by atoms with Crippen LogP contribution >= 0.6 is 0 Å². The molecule has 0 spiro atoms. The second kappa shape index (κ2) is 8.22. The van der Waals surface area contributed by atoms with Gasteiger partial charge in [-0.05, 0) is 43.9 Å². The predicted molar refractivity (Wildman–Crippen MR) is 108 cm³/mol. The first-order chi connectivity index (χ1) is 14.5. The monoisotopic (exact) mass is 413 g/mol. The molecule has 2 aromatic carbocycles. The number of halogens is 2. The van der Waals surface area contributed by atoms with Crippen LogP contribution in [0.1, 0.15) is 42.1 Å². The molecule has 0 aliphatic heterocycles. The summed E-state index contributed by atoms with van der Waals surface area (Å²) in [6.07, 6.45) is 6.38. The summed E-state index contributed by atoms with van der Waals surface area (Å²) in [5.74, 6) is -1.78. The minimum atomic E-state index is -0.826. The number of benzene rings is 2. The predicted octanol–water partition coefficient (Wildman–Crippen LogP) is 4.51. The molecule has 1 fully saturated rings. The van der Waals surface area contributed by atoms with Crippen molar-refractivity contribution in [2.24, 2.45) is 5.92 Å². The minimum Gasteiger partial charge on any atom is -0.494 e. The van der Waals surface area contributed by atoms with Crippen molar-refractivity contribution >= 4 is 28.8 Å². The Kier molecular flexibility index (Phi) is 5.48. The van der Waals surface area contributed by atoms with E-state index in [0.29, 0.717) is 23.0 Å². The van der Waals surface area contributed by atoms with Gasteiger partial charge in [0.25, 0.3) is 5.91 Å². The molecule has 1 aliphatic rings. The van der Waals surface area contributed by atoms with Crippen LogP contribution in [0.15, 0.2) is 36.5 Å². The molecule has 8 heteroatoms. The lowest BCUT2D eigenvalue weighted by Crippen LogP contribution is -2.19. The maximum Gasteiger partial charge on any atom is 0.255 e. The van der Waals surface area contributed by atoms with Gasteiger partial charge in [0.15, 0.2) is 0 Å². The van der Waals surface area contributed by atoms with Gasteiger partial charge >= 0.3 is 0 Å². The molecule has 1 amide bonds. The Bertz CT molecular complexity index is 1080. The van der Waals surface area contributed by atoms with Gasteiger partial charge in [0.05, 0.1) is 24.4 Å². The molecule has 1 aromatic heterocycles. The number of fused-ring (bicyclic) bond motifs is 1. The van der Waals surface area contributed by atoms with Crippen molar-refractivity contribution in [3.05, 3.63) is 53.7 Å². The zero-order valence-corrected chi connectivity index (χ0v) is 16.4. The van der Waals surface area contributed by atoms with Crippen molar-refractivity contribution < 1.29 is 23.1 Å². The molecule has 0 unspecified atom stereocenters. The highest BCUT2D eigenvalue weighted by Crippen LogP contribution is 2.34. The number of hydrogen-bond donors (Lipinski definition) is 1. The SMILES string of the molecule is COc1cc2nn(C3CCC(C=O)CC3)cc2cc1NC(=O)c1cc(F)cc(F)c1. The summed E-state index contributed by atoms with van der Waals surface area (Å²) in [6, 6.07) is 6.30. The van der Waals surface area contributed by atoms with Crippen molar-refractivity contribution in [3.8, 4) is 5.75 Å². The molecule has 4 rings (SSSR count). The van der Waals surface area contributed by atoms with E-state index in [2.05, 4.69) is 10.4 Å². The molecule has 1 N–H and O–H groups in total. The zero-order chi connectivity index (χ0) is 21.3. The number of ether oxygens (including phenoxy) is 1. The van der Waals surface area contributed by atoms with Crippen molar-refractivity contribution in [2.45, 2.75) is 31.7 Å². The molecular weight excluding hydrogens is 392 g/mol. The lowest BCUT2D eigenvalue weighted by atomic mass is 9.87. The highest BCUT2D eigenvalue weighted by molar-refractivity contribution is 6.06. The van der Waals surface area contributed by atoms with E-state index in [1.807, 2.05) is 10.9 Å². The van der Waals surface area contributed by atoms with Gasteiger partial charge in [-0.2, -0.15) is 5.10 Å². The van der Waals surface area contributed by atoms with Crippen LogP contribution in [0.25, 0.3) is 10.9 Å². The van der Waals surface area contributed by atoms with E-state index in [-0.39, 0.29) is 17.5 Å². The Morgan fingerprint density at radius 3 is 2.47 bits per heavy atom. The van der Waals surface area contributed by atoms with Gasteiger partial charge in [-0.25, -0.2) is 8.78 Å². The quantitative estimate of drug-likeness (QED) is 0.625. The number of hydrogen-bond acceptors (Lipinski definition) is 4. The van der Waals surface area contributed by atoms with E-state index in [9.17, 15) is 18.4 Å². The van der Waals surface area contributed by atoms with Crippen molar-refractivity contribution in [2.75, 3.05) is 12.4 Å². The van der Waals surface area contributed by atoms with Gasteiger partial charge in [0.1, 0.15) is 23.7 Å². The Morgan fingerprint density at radius 2 is 1.83 bits per heavy atom. The van der Waals surface area contributed by atoms with Gasteiger partial charge in [0.2, 0.25) is 0 Å². The first-order valence-corrected chi connectivity index (χ1v) is 9.76. The molecule has 0 saturated heterocycles. The van der Waals surface area contributed by atoms with Gasteiger partial charge in [-0.15, -0.1) is 0 Å². The topological polar surface area (TPSA) is 73.2 Å². The summed E-state index contributed by atoms with van der Waals surface area (Å²) < 4.78 is 34.1. The lowest BCUT2D eigenvalue weighted by Gasteiger charge is -2.25. The summed E-state index contributed by atoms with van der Waals surface area (Å²) in [6.45, 7) is 0. The molecule has 156 valence electrons. The standard InChI is InChI=1S/C22H21F2N3O3/c1-30-21-10-19-15(11-27(26-19)18-4-2-13(12-28)3-5-18)8-20(21)25-22(29)14-6-16(23)9-17(24)7-14/h6-13,18H,2-5H2,1H3,(H,25,29). The van der Waals surface area contributed by atoms with Crippen LogP contribution in [-0.4, -0.2) is 29.1 Å². The Morgan fingerprint density at radius 1 is 1.13 bits per heavy atom. The van der Waals surface area contributed by atoms with Crippen LogP contribution in [-0.2, 0) is 4.79 Å². The molecule has 1 heterocycles. The largest absolute Gasteiger partial charge is 0.494 e. The van der Waals surface area contributed by atoms with E-state index in [0.717, 1.165) is 49.5 Å². The number of methoxy groups -OCH3 is 1. The highest BCUT2D eigenvalue weighted by atomic mass is 19.1. The maximum atomic E-state index is 13.4. The zero-order valence-electron chi connectivity index (χ0n) is 16.4. The first kappa shape index (κ1) is 20.0.